The number of benzene rings is 2. The molecule has 0 fully saturated rings. The molecule has 2 aliphatic rings. The van der Waals surface area contributed by atoms with E-state index in [9.17, 15) is 14.4 Å². The molecule has 0 saturated heterocycles. The number of carbonyl (C=O) groups excluding carboxylic acids is 1. The summed E-state index contributed by atoms with van der Waals surface area (Å²) in [6, 6.07) is 9.53. The van der Waals surface area contributed by atoms with Crippen molar-refractivity contribution in [2.45, 2.75) is 33.6 Å². The van der Waals surface area contributed by atoms with Crippen LogP contribution >= 0.6 is 0 Å². The first-order valence-corrected chi connectivity index (χ1v) is 10.7. The highest BCUT2D eigenvalue weighted by Gasteiger charge is 2.48. The van der Waals surface area contributed by atoms with Gasteiger partial charge in [0.05, 0.1) is 17.2 Å². The van der Waals surface area contributed by atoms with Gasteiger partial charge in [-0.05, 0) is 55.5 Å². The van der Waals surface area contributed by atoms with Crippen LogP contribution < -0.4 is 11.2 Å². The Morgan fingerprint density at radius 2 is 1.47 bits per heavy atom. The first kappa shape index (κ1) is 20.4. The van der Waals surface area contributed by atoms with Crippen molar-refractivity contribution in [3.8, 4) is 0 Å². The fourth-order valence-electron chi connectivity index (χ4n) is 5.27. The number of Topliss-reactive ketones (excluding diaryl/α,β-unsaturated/α-hetero) is 1. The Bertz CT molecular complexity index is 1500. The lowest BCUT2D eigenvalue weighted by Crippen LogP contribution is -2.43. The summed E-state index contributed by atoms with van der Waals surface area (Å²) in [5.74, 6) is -0.790. The van der Waals surface area contributed by atoms with E-state index in [1.165, 1.54) is 17.2 Å². The van der Waals surface area contributed by atoms with Gasteiger partial charge >= 0.3 is 5.69 Å². The van der Waals surface area contributed by atoms with E-state index < -0.39 is 23.1 Å². The van der Waals surface area contributed by atoms with Crippen LogP contribution in [0.2, 0.25) is 0 Å². The number of carbonyl (C=O) groups is 1. The molecular weight excluding hydrogens is 402 g/mol. The maximum atomic E-state index is 13.7. The van der Waals surface area contributed by atoms with Crippen molar-refractivity contribution in [3.63, 3.8) is 0 Å². The van der Waals surface area contributed by atoms with E-state index in [4.69, 9.17) is 4.99 Å². The van der Waals surface area contributed by atoms with Gasteiger partial charge in [0.2, 0.25) is 0 Å². The minimum absolute atomic E-state index is 0.0267. The highest BCUT2D eigenvalue weighted by atomic mass is 16.2. The monoisotopic (exact) mass is 427 g/mol. The van der Waals surface area contributed by atoms with Crippen LogP contribution in [0.1, 0.15) is 55.2 Å². The second-order valence-corrected chi connectivity index (χ2v) is 8.96. The molecule has 0 unspecified atom stereocenters. The van der Waals surface area contributed by atoms with Crippen molar-refractivity contribution in [3.05, 3.63) is 95.7 Å². The van der Waals surface area contributed by atoms with Crippen LogP contribution in [0.5, 0.6) is 0 Å². The minimum Gasteiger partial charge on any atom is -0.293 e. The third-order valence-corrected chi connectivity index (χ3v) is 7.44. The summed E-state index contributed by atoms with van der Waals surface area (Å²) in [6.45, 7) is 8.25. The van der Waals surface area contributed by atoms with Gasteiger partial charge in [-0.1, -0.05) is 30.3 Å². The Kier molecular flexibility index (Phi) is 4.28. The van der Waals surface area contributed by atoms with Crippen molar-refractivity contribution in [1.82, 2.24) is 9.13 Å². The fraction of sp³-hybridized carbons (Fsp3) is 0.308. The van der Waals surface area contributed by atoms with Crippen LogP contribution in [0, 0.1) is 33.6 Å². The first-order valence-electron chi connectivity index (χ1n) is 10.7. The number of hydrogen-bond donors (Lipinski definition) is 0. The van der Waals surface area contributed by atoms with Crippen molar-refractivity contribution in [1.29, 1.82) is 0 Å². The Balaban J connectivity index is 1.95. The number of aliphatic imine (C=N–C) groups is 1. The zero-order chi connectivity index (χ0) is 23.1. The largest absolute Gasteiger partial charge is 0.332 e. The Labute approximate surface area is 185 Å². The van der Waals surface area contributed by atoms with Crippen LogP contribution in [0.4, 0.5) is 5.82 Å². The van der Waals surface area contributed by atoms with Crippen molar-refractivity contribution < 1.29 is 4.79 Å². The molecular formula is C26H25N3O3. The lowest BCUT2D eigenvalue weighted by atomic mass is 9.74. The molecule has 6 nitrogen and oxygen atoms in total. The lowest BCUT2D eigenvalue weighted by Gasteiger charge is -2.31. The molecule has 0 amide bonds. The van der Waals surface area contributed by atoms with Crippen molar-refractivity contribution in [2.24, 2.45) is 25.0 Å². The molecule has 1 aliphatic carbocycles. The van der Waals surface area contributed by atoms with E-state index in [0.29, 0.717) is 22.7 Å². The van der Waals surface area contributed by atoms with Gasteiger partial charge in [0.15, 0.2) is 5.78 Å². The third-order valence-electron chi connectivity index (χ3n) is 7.44. The summed E-state index contributed by atoms with van der Waals surface area (Å²) in [5.41, 5.74) is 7.09. The number of rotatable bonds is 1. The smallest absolute Gasteiger partial charge is 0.293 e. The third kappa shape index (κ3) is 2.46. The predicted octanol–water partition coefficient (Wildman–Crippen LogP) is 3.40. The average Bonchev–Trinajstić information content (AvgIpc) is 3.08. The summed E-state index contributed by atoms with van der Waals surface area (Å²) < 4.78 is 2.53. The molecule has 1 aliphatic heterocycles. The Hall–Kier alpha value is -3.54. The van der Waals surface area contributed by atoms with Crippen LogP contribution in [0.25, 0.3) is 0 Å². The van der Waals surface area contributed by atoms with Crippen LogP contribution in [-0.2, 0) is 14.1 Å². The van der Waals surface area contributed by atoms with Crippen molar-refractivity contribution in [2.75, 3.05) is 0 Å². The average molecular weight is 428 g/mol. The van der Waals surface area contributed by atoms with E-state index in [1.54, 1.807) is 7.05 Å². The maximum absolute atomic E-state index is 13.7. The molecule has 1 aromatic heterocycles. The topological polar surface area (TPSA) is 73.4 Å². The zero-order valence-corrected chi connectivity index (χ0v) is 19.1. The summed E-state index contributed by atoms with van der Waals surface area (Å²) in [6.07, 6.45) is 0. The van der Waals surface area contributed by atoms with Gasteiger partial charge in [0, 0.05) is 31.1 Å². The van der Waals surface area contributed by atoms with E-state index in [-0.39, 0.29) is 5.78 Å². The zero-order valence-electron chi connectivity index (χ0n) is 19.1. The van der Waals surface area contributed by atoms with Gasteiger partial charge < -0.3 is 0 Å². The van der Waals surface area contributed by atoms with Crippen LogP contribution in [-0.4, -0.2) is 20.6 Å². The molecule has 0 radical (unpaired) electrons. The van der Waals surface area contributed by atoms with Gasteiger partial charge in [-0.15, -0.1) is 0 Å². The molecule has 32 heavy (non-hydrogen) atoms. The number of ketones is 1. The molecule has 0 N–H and O–H groups in total. The molecule has 0 bridgehead atoms. The number of aromatic nitrogens is 2. The molecule has 6 heteroatoms. The maximum Gasteiger partial charge on any atom is 0.332 e. The van der Waals surface area contributed by atoms with E-state index >= 15 is 0 Å². The van der Waals surface area contributed by atoms with Gasteiger partial charge in [-0.25, -0.2) is 9.79 Å². The van der Waals surface area contributed by atoms with Gasteiger partial charge in [-0.3, -0.25) is 18.7 Å². The predicted molar refractivity (Wildman–Crippen MR) is 125 cm³/mol. The van der Waals surface area contributed by atoms with Gasteiger partial charge in [0.25, 0.3) is 5.56 Å². The number of hydrogen-bond acceptors (Lipinski definition) is 4. The number of fused-ring (bicyclic) bond motifs is 4. The SMILES string of the molecule is Cc1cc([C@@H]2c3c(n(C)c(=O)n(C)c3=O)N=C3c4ccccc4C(=O)[C@H]32)c(C)c(C)c1C. The molecule has 2 heterocycles. The summed E-state index contributed by atoms with van der Waals surface area (Å²) in [7, 11) is 3.11. The molecule has 162 valence electrons. The molecule has 3 aromatic rings. The molecule has 2 aromatic carbocycles. The van der Waals surface area contributed by atoms with Gasteiger partial charge in [-0.2, -0.15) is 0 Å². The highest BCUT2D eigenvalue weighted by Crippen LogP contribution is 2.47. The van der Waals surface area contributed by atoms with E-state index in [2.05, 4.69) is 19.9 Å². The molecule has 2 atom stereocenters. The first-order chi connectivity index (χ1) is 15.1. The fourth-order valence-corrected chi connectivity index (χ4v) is 5.27. The van der Waals surface area contributed by atoms with Crippen molar-refractivity contribution >= 4 is 17.3 Å². The summed E-state index contributed by atoms with van der Waals surface area (Å²) >= 11 is 0. The van der Waals surface area contributed by atoms with Crippen LogP contribution in [0.15, 0.2) is 44.9 Å². The number of aryl methyl sites for hydroxylation is 1. The minimum atomic E-state index is -0.592. The lowest BCUT2D eigenvalue weighted by molar-refractivity contribution is 0.0953. The molecule has 0 spiro atoms. The van der Waals surface area contributed by atoms with E-state index in [0.717, 1.165) is 32.4 Å². The standard InChI is InChI=1S/C26H25N3O3/c1-12-11-18(15(4)14(3)13(12)2)19-20-22(16-9-7-8-10-17(16)23(20)30)27-24-21(19)25(31)29(6)26(32)28(24)5/h7-11,19-20H,1-6H3/t19-,20-/m0/s1. The second kappa shape index (κ2) is 6.73. The quantitative estimate of drug-likeness (QED) is 0.598. The summed E-state index contributed by atoms with van der Waals surface area (Å²) in [5, 5.41) is 0. The highest BCUT2D eigenvalue weighted by molar-refractivity contribution is 6.30. The molecule has 0 saturated carbocycles. The normalized spacial score (nSPS) is 18.8. The van der Waals surface area contributed by atoms with Crippen LogP contribution in [0.3, 0.4) is 0 Å². The van der Waals surface area contributed by atoms with Gasteiger partial charge in [0.1, 0.15) is 5.82 Å². The Morgan fingerprint density at radius 1 is 0.812 bits per heavy atom. The molecule has 5 rings (SSSR count). The second-order valence-electron chi connectivity index (χ2n) is 8.96. The summed E-state index contributed by atoms with van der Waals surface area (Å²) in [4.78, 5) is 44.6. The van der Waals surface area contributed by atoms with E-state index in [1.807, 2.05) is 38.1 Å². The number of nitrogens with zero attached hydrogens (tertiary/aromatic N) is 3. The Morgan fingerprint density at radius 3 is 2.16 bits per heavy atom.